The molecule has 3 aromatic rings. The fourth-order valence-corrected chi connectivity index (χ4v) is 3.82. The minimum atomic E-state index is -0.125. The van der Waals surface area contributed by atoms with Gasteiger partial charge in [-0.2, -0.15) is 0 Å². The van der Waals surface area contributed by atoms with E-state index in [-0.39, 0.29) is 15.8 Å². The maximum absolute atomic E-state index is 9.68. The summed E-state index contributed by atoms with van der Waals surface area (Å²) in [6.07, 6.45) is 0. The SMILES string of the molecule is CCOc1cc(CNc2cc(Cl)c(O)c(Cl)c2)cc(Br)c1OCc1ccccc1. The lowest BCUT2D eigenvalue weighted by Crippen LogP contribution is -2.04. The molecule has 0 aliphatic heterocycles. The van der Waals surface area contributed by atoms with E-state index >= 15 is 0 Å². The number of aromatic hydroxyl groups is 1. The van der Waals surface area contributed by atoms with Crippen molar-refractivity contribution in [2.45, 2.75) is 20.1 Å². The Morgan fingerprint density at radius 1 is 0.966 bits per heavy atom. The van der Waals surface area contributed by atoms with Crippen LogP contribution in [0.15, 0.2) is 59.1 Å². The Morgan fingerprint density at radius 2 is 1.66 bits per heavy atom. The molecule has 4 nitrogen and oxygen atoms in total. The molecule has 3 rings (SSSR count). The summed E-state index contributed by atoms with van der Waals surface area (Å²) in [5.74, 6) is 1.20. The van der Waals surface area contributed by atoms with Crippen LogP contribution in [-0.4, -0.2) is 11.7 Å². The highest BCUT2D eigenvalue weighted by molar-refractivity contribution is 9.10. The summed E-state index contributed by atoms with van der Waals surface area (Å²) < 4.78 is 12.6. The Bertz CT molecular complexity index is 960. The molecule has 0 amide bonds. The van der Waals surface area contributed by atoms with Crippen LogP contribution in [0.25, 0.3) is 0 Å². The Labute approximate surface area is 188 Å². The Morgan fingerprint density at radius 3 is 2.31 bits per heavy atom. The van der Waals surface area contributed by atoms with Gasteiger partial charge in [-0.1, -0.05) is 53.5 Å². The normalized spacial score (nSPS) is 10.6. The number of rotatable bonds is 8. The molecule has 0 aromatic heterocycles. The van der Waals surface area contributed by atoms with E-state index < -0.39 is 0 Å². The molecule has 0 aliphatic rings. The Hall–Kier alpha value is -2.08. The van der Waals surface area contributed by atoms with Gasteiger partial charge in [0.1, 0.15) is 6.61 Å². The molecule has 2 N–H and O–H groups in total. The lowest BCUT2D eigenvalue weighted by Gasteiger charge is -2.16. The van der Waals surface area contributed by atoms with Gasteiger partial charge in [0.2, 0.25) is 0 Å². The molecule has 0 saturated carbocycles. The van der Waals surface area contributed by atoms with Gasteiger partial charge in [0.15, 0.2) is 17.2 Å². The Balaban J connectivity index is 1.76. The van der Waals surface area contributed by atoms with Crippen LogP contribution in [-0.2, 0) is 13.2 Å². The van der Waals surface area contributed by atoms with E-state index in [2.05, 4.69) is 21.2 Å². The van der Waals surface area contributed by atoms with E-state index in [0.717, 1.165) is 15.6 Å². The van der Waals surface area contributed by atoms with Gasteiger partial charge in [0, 0.05) is 12.2 Å². The molecular formula is C22H20BrCl2NO3. The molecule has 0 fully saturated rings. The van der Waals surface area contributed by atoms with E-state index in [1.807, 2.05) is 49.4 Å². The second kappa shape index (κ2) is 10.1. The van der Waals surface area contributed by atoms with Crippen LogP contribution in [0.5, 0.6) is 17.2 Å². The largest absolute Gasteiger partial charge is 0.505 e. The van der Waals surface area contributed by atoms with Crippen LogP contribution in [0.3, 0.4) is 0 Å². The summed E-state index contributed by atoms with van der Waals surface area (Å²) in [6.45, 7) is 3.41. The number of hydrogen-bond acceptors (Lipinski definition) is 4. The highest BCUT2D eigenvalue weighted by Crippen LogP contribution is 2.38. The maximum atomic E-state index is 9.68. The number of phenolic OH excluding ortho intramolecular Hbond substituents is 1. The van der Waals surface area contributed by atoms with Crippen LogP contribution in [0.2, 0.25) is 10.0 Å². The predicted molar refractivity (Wildman–Crippen MR) is 122 cm³/mol. The minimum absolute atomic E-state index is 0.125. The van der Waals surface area contributed by atoms with Gasteiger partial charge in [-0.3, -0.25) is 0 Å². The van der Waals surface area contributed by atoms with Crippen molar-refractivity contribution in [2.24, 2.45) is 0 Å². The standard InChI is InChI=1S/C22H20BrCl2NO3/c1-2-28-20-9-15(12-26-16-10-18(24)21(27)19(25)11-16)8-17(23)22(20)29-13-14-6-4-3-5-7-14/h3-11,26-27H,2,12-13H2,1H3. The molecule has 3 aromatic carbocycles. The molecule has 0 unspecified atom stereocenters. The van der Waals surface area contributed by atoms with Crippen molar-refractivity contribution in [3.8, 4) is 17.2 Å². The number of ether oxygens (including phenoxy) is 2. The number of nitrogens with one attached hydrogen (secondary N) is 1. The summed E-state index contributed by atoms with van der Waals surface area (Å²) in [5, 5.41) is 13.3. The number of anilines is 1. The number of phenols is 1. The zero-order valence-electron chi connectivity index (χ0n) is 15.7. The number of hydrogen-bond donors (Lipinski definition) is 2. The zero-order chi connectivity index (χ0) is 20.8. The molecular weight excluding hydrogens is 477 g/mol. The van der Waals surface area contributed by atoms with Gasteiger partial charge in [0.25, 0.3) is 0 Å². The zero-order valence-corrected chi connectivity index (χ0v) is 18.8. The molecule has 29 heavy (non-hydrogen) atoms. The van der Waals surface area contributed by atoms with Crippen molar-refractivity contribution in [1.29, 1.82) is 0 Å². The predicted octanol–water partition coefficient (Wildman–Crippen LogP) is 7.05. The first-order chi connectivity index (χ1) is 14.0. The first-order valence-electron chi connectivity index (χ1n) is 9.01. The van der Waals surface area contributed by atoms with E-state index in [9.17, 15) is 5.11 Å². The van der Waals surface area contributed by atoms with Crippen molar-refractivity contribution in [2.75, 3.05) is 11.9 Å². The van der Waals surface area contributed by atoms with Gasteiger partial charge in [-0.15, -0.1) is 0 Å². The summed E-state index contributed by atoms with van der Waals surface area (Å²) in [4.78, 5) is 0. The number of benzene rings is 3. The minimum Gasteiger partial charge on any atom is -0.505 e. The van der Waals surface area contributed by atoms with Crippen LogP contribution in [0, 0.1) is 0 Å². The average molecular weight is 497 g/mol. The van der Waals surface area contributed by atoms with Gasteiger partial charge in [0.05, 0.1) is 21.1 Å². The molecule has 0 aliphatic carbocycles. The summed E-state index contributed by atoms with van der Waals surface area (Å²) >= 11 is 15.6. The lowest BCUT2D eigenvalue weighted by molar-refractivity contribution is 0.267. The van der Waals surface area contributed by atoms with Crippen LogP contribution in [0.1, 0.15) is 18.1 Å². The summed E-state index contributed by atoms with van der Waals surface area (Å²) in [5.41, 5.74) is 2.76. The molecule has 0 atom stereocenters. The van der Waals surface area contributed by atoms with Crippen molar-refractivity contribution in [3.63, 3.8) is 0 Å². The lowest BCUT2D eigenvalue weighted by atomic mass is 10.2. The summed E-state index contributed by atoms with van der Waals surface area (Å²) in [6, 6.07) is 17.1. The molecule has 0 saturated heterocycles. The quantitative estimate of drug-likeness (QED) is 0.328. The topological polar surface area (TPSA) is 50.7 Å². The van der Waals surface area contributed by atoms with Crippen molar-refractivity contribution >= 4 is 44.8 Å². The smallest absolute Gasteiger partial charge is 0.175 e. The first-order valence-corrected chi connectivity index (χ1v) is 10.6. The first kappa shape index (κ1) is 21.6. The molecule has 0 heterocycles. The molecule has 0 bridgehead atoms. The van der Waals surface area contributed by atoms with E-state index in [1.54, 1.807) is 12.1 Å². The second-order valence-corrected chi connectivity index (χ2v) is 7.92. The summed E-state index contributed by atoms with van der Waals surface area (Å²) in [7, 11) is 0. The third kappa shape index (κ3) is 5.72. The highest BCUT2D eigenvalue weighted by Gasteiger charge is 2.13. The average Bonchev–Trinajstić information content (AvgIpc) is 2.70. The molecule has 0 radical (unpaired) electrons. The van der Waals surface area contributed by atoms with Crippen molar-refractivity contribution in [1.82, 2.24) is 0 Å². The highest BCUT2D eigenvalue weighted by atomic mass is 79.9. The fourth-order valence-electron chi connectivity index (χ4n) is 2.73. The fraction of sp³-hybridized carbons (Fsp3) is 0.182. The number of halogens is 3. The maximum Gasteiger partial charge on any atom is 0.175 e. The monoisotopic (exact) mass is 495 g/mol. The van der Waals surface area contributed by atoms with Crippen molar-refractivity contribution in [3.05, 3.63) is 80.2 Å². The van der Waals surface area contributed by atoms with Crippen molar-refractivity contribution < 1.29 is 14.6 Å². The third-order valence-corrected chi connectivity index (χ3v) is 5.27. The van der Waals surface area contributed by atoms with Crippen LogP contribution in [0.4, 0.5) is 5.69 Å². The van der Waals surface area contributed by atoms with Crippen LogP contribution < -0.4 is 14.8 Å². The van der Waals surface area contributed by atoms with Gasteiger partial charge in [-0.05, 0) is 58.2 Å². The van der Waals surface area contributed by atoms with Crippen LogP contribution >= 0.6 is 39.1 Å². The molecule has 152 valence electrons. The van der Waals surface area contributed by atoms with E-state index in [4.69, 9.17) is 32.7 Å². The molecule has 7 heteroatoms. The van der Waals surface area contributed by atoms with Gasteiger partial charge >= 0.3 is 0 Å². The third-order valence-electron chi connectivity index (χ3n) is 4.11. The van der Waals surface area contributed by atoms with E-state index in [0.29, 0.717) is 36.9 Å². The van der Waals surface area contributed by atoms with Gasteiger partial charge < -0.3 is 19.9 Å². The van der Waals surface area contributed by atoms with E-state index in [1.165, 1.54) is 0 Å². The Kier molecular flexibility index (Phi) is 7.53. The van der Waals surface area contributed by atoms with Gasteiger partial charge in [-0.25, -0.2) is 0 Å². The second-order valence-electron chi connectivity index (χ2n) is 6.25. The molecule has 0 spiro atoms.